The molecule has 1 rings (SSSR count). The Morgan fingerprint density at radius 1 is 1.38 bits per heavy atom. The van der Waals surface area contributed by atoms with Gasteiger partial charge in [0.2, 0.25) is 0 Å². The molecule has 0 aliphatic carbocycles. The molecule has 1 aromatic rings. The minimum atomic E-state index is 0.838. The van der Waals surface area contributed by atoms with E-state index in [1.807, 2.05) is 26.2 Å². The van der Waals surface area contributed by atoms with Crippen molar-refractivity contribution < 1.29 is 0 Å². The van der Waals surface area contributed by atoms with Crippen LogP contribution >= 0.6 is 0 Å². The van der Waals surface area contributed by atoms with Gasteiger partial charge in [0.1, 0.15) is 0 Å². The van der Waals surface area contributed by atoms with E-state index in [0.29, 0.717) is 0 Å². The van der Waals surface area contributed by atoms with Crippen LogP contribution in [-0.2, 0) is 6.54 Å². The Morgan fingerprint density at radius 2 is 2.15 bits per heavy atom. The van der Waals surface area contributed by atoms with Gasteiger partial charge in [-0.25, -0.2) is 0 Å². The molecule has 0 aromatic heterocycles. The fraction of sp³-hybridized carbons (Fsp3) is 0.300. The molecule has 0 aliphatic heterocycles. The predicted molar refractivity (Wildman–Crippen MR) is 56.6 cm³/mol. The zero-order valence-corrected chi connectivity index (χ0v) is 8.02. The molecule has 13 heavy (non-hydrogen) atoms. The second-order valence-electron chi connectivity index (χ2n) is 2.85. The molecule has 1 aromatic carbocycles. The molecular formula is C10H15N3. The summed E-state index contributed by atoms with van der Waals surface area (Å²) in [6.45, 7) is 0.838. The molecule has 0 saturated carbocycles. The van der Waals surface area contributed by atoms with E-state index in [0.717, 1.165) is 17.8 Å². The van der Waals surface area contributed by atoms with Crippen LogP contribution in [0.2, 0.25) is 0 Å². The van der Waals surface area contributed by atoms with Crippen LogP contribution in [0.15, 0.2) is 18.2 Å². The van der Waals surface area contributed by atoms with Crippen molar-refractivity contribution in [2.45, 2.75) is 6.54 Å². The Bertz CT molecular complexity index is 294. The highest BCUT2D eigenvalue weighted by Gasteiger charge is 1.98. The van der Waals surface area contributed by atoms with Gasteiger partial charge in [-0.15, -0.1) is 0 Å². The van der Waals surface area contributed by atoms with Gasteiger partial charge in [0.25, 0.3) is 0 Å². The number of rotatable bonds is 4. The molecule has 3 N–H and O–H groups in total. The second kappa shape index (κ2) is 4.62. The molecule has 0 fully saturated rings. The number of hydrogen-bond donors (Lipinski definition) is 3. The summed E-state index contributed by atoms with van der Waals surface area (Å²) in [5.41, 5.74) is 3.12. The summed E-state index contributed by atoms with van der Waals surface area (Å²) in [5.74, 6) is 0. The molecule has 0 atom stereocenters. The van der Waals surface area contributed by atoms with Gasteiger partial charge in [-0.05, 0) is 24.7 Å². The summed E-state index contributed by atoms with van der Waals surface area (Å²) in [5, 5.41) is 13.4. The van der Waals surface area contributed by atoms with Crippen LogP contribution in [0.5, 0.6) is 0 Å². The lowest BCUT2D eigenvalue weighted by Gasteiger charge is -2.07. The quantitative estimate of drug-likeness (QED) is 0.609. The fourth-order valence-corrected chi connectivity index (χ4v) is 1.27. The summed E-state index contributed by atoms with van der Waals surface area (Å²) in [7, 11) is 3.77. The van der Waals surface area contributed by atoms with Crippen LogP contribution < -0.4 is 10.6 Å². The molecule has 0 amide bonds. The van der Waals surface area contributed by atoms with Crippen LogP contribution in [0.4, 0.5) is 5.69 Å². The van der Waals surface area contributed by atoms with Crippen LogP contribution in [0, 0.1) is 5.41 Å². The first-order valence-corrected chi connectivity index (χ1v) is 4.27. The van der Waals surface area contributed by atoms with Crippen molar-refractivity contribution in [2.75, 3.05) is 19.4 Å². The van der Waals surface area contributed by atoms with Crippen molar-refractivity contribution in [3.05, 3.63) is 29.3 Å². The summed E-state index contributed by atoms with van der Waals surface area (Å²) in [6, 6.07) is 6.05. The first-order chi connectivity index (χ1) is 6.31. The van der Waals surface area contributed by atoms with Gasteiger partial charge in [-0.3, -0.25) is 0 Å². The van der Waals surface area contributed by atoms with E-state index in [1.165, 1.54) is 11.8 Å². The van der Waals surface area contributed by atoms with Gasteiger partial charge in [-0.1, -0.05) is 6.07 Å². The lowest BCUT2D eigenvalue weighted by atomic mass is 10.1. The molecule has 70 valence electrons. The molecule has 0 radical (unpaired) electrons. The lowest BCUT2D eigenvalue weighted by Crippen LogP contribution is -2.06. The Labute approximate surface area is 78.7 Å². The number of nitrogens with one attached hydrogen (secondary N) is 3. The van der Waals surface area contributed by atoms with E-state index in [-0.39, 0.29) is 0 Å². The van der Waals surface area contributed by atoms with Gasteiger partial charge in [0.15, 0.2) is 0 Å². The average Bonchev–Trinajstić information content (AvgIpc) is 2.18. The third-order valence-electron chi connectivity index (χ3n) is 1.92. The second-order valence-corrected chi connectivity index (χ2v) is 2.85. The first-order valence-electron chi connectivity index (χ1n) is 4.27. The summed E-state index contributed by atoms with van der Waals surface area (Å²) in [4.78, 5) is 0. The standard InChI is InChI=1S/C10H15N3/c1-12-7-8-3-4-10(13-2)9(5-8)6-11/h3-6,11-13H,7H2,1-2H3. The third-order valence-corrected chi connectivity index (χ3v) is 1.92. The maximum Gasteiger partial charge on any atom is 0.0426 e. The molecular weight excluding hydrogens is 162 g/mol. The summed E-state index contributed by atoms with van der Waals surface area (Å²) >= 11 is 0. The Balaban J connectivity index is 2.98. The van der Waals surface area contributed by atoms with Crippen molar-refractivity contribution in [3.8, 4) is 0 Å². The Morgan fingerprint density at radius 3 is 2.69 bits per heavy atom. The zero-order chi connectivity index (χ0) is 9.68. The van der Waals surface area contributed by atoms with Crippen molar-refractivity contribution in [2.24, 2.45) is 0 Å². The van der Waals surface area contributed by atoms with Crippen LogP contribution in [-0.4, -0.2) is 20.3 Å². The van der Waals surface area contributed by atoms with Crippen LogP contribution in [0.1, 0.15) is 11.1 Å². The molecule has 0 aliphatic rings. The van der Waals surface area contributed by atoms with Gasteiger partial charge in [0, 0.05) is 31.1 Å². The highest BCUT2D eigenvalue weighted by molar-refractivity contribution is 5.85. The van der Waals surface area contributed by atoms with Crippen LogP contribution in [0.25, 0.3) is 0 Å². The smallest absolute Gasteiger partial charge is 0.0426 e. The van der Waals surface area contributed by atoms with Crippen molar-refractivity contribution >= 4 is 11.9 Å². The van der Waals surface area contributed by atoms with E-state index in [1.54, 1.807) is 0 Å². The monoisotopic (exact) mass is 177 g/mol. The summed E-state index contributed by atoms with van der Waals surface area (Å²) in [6.07, 6.45) is 1.37. The van der Waals surface area contributed by atoms with Gasteiger partial charge in [-0.2, -0.15) is 0 Å². The number of anilines is 1. The minimum Gasteiger partial charge on any atom is -0.388 e. The topological polar surface area (TPSA) is 47.9 Å². The third kappa shape index (κ3) is 2.29. The zero-order valence-electron chi connectivity index (χ0n) is 8.02. The molecule has 3 heteroatoms. The maximum atomic E-state index is 7.23. The molecule has 3 nitrogen and oxygen atoms in total. The molecule has 0 bridgehead atoms. The minimum absolute atomic E-state index is 0.838. The fourth-order valence-electron chi connectivity index (χ4n) is 1.27. The van der Waals surface area contributed by atoms with Crippen molar-refractivity contribution in [1.29, 1.82) is 5.41 Å². The highest BCUT2D eigenvalue weighted by Crippen LogP contribution is 2.14. The average molecular weight is 177 g/mol. The molecule has 0 saturated heterocycles. The molecule has 0 unspecified atom stereocenters. The Kier molecular flexibility index (Phi) is 3.46. The van der Waals surface area contributed by atoms with E-state index < -0.39 is 0 Å². The van der Waals surface area contributed by atoms with Crippen molar-refractivity contribution in [3.63, 3.8) is 0 Å². The van der Waals surface area contributed by atoms with E-state index in [9.17, 15) is 0 Å². The normalized spacial score (nSPS) is 9.69. The maximum absolute atomic E-state index is 7.23. The van der Waals surface area contributed by atoms with E-state index in [2.05, 4.69) is 16.7 Å². The Hall–Kier alpha value is -1.35. The van der Waals surface area contributed by atoms with E-state index in [4.69, 9.17) is 5.41 Å². The first kappa shape index (κ1) is 9.74. The largest absolute Gasteiger partial charge is 0.388 e. The van der Waals surface area contributed by atoms with E-state index >= 15 is 0 Å². The van der Waals surface area contributed by atoms with Gasteiger partial charge in [0.05, 0.1) is 0 Å². The SMILES string of the molecule is CNCc1ccc(NC)c(C=N)c1. The predicted octanol–water partition coefficient (Wildman–Crippen LogP) is 1.45. The molecule has 0 heterocycles. The van der Waals surface area contributed by atoms with Gasteiger partial charge < -0.3 is 16.0 Å². The summed E-state index contributed by atoms with van der Waals surface area (Å²) < 4.78 is 0. The van der Waals surface area contributed by atoms with Gasteiger partial charge >= 0.3 is 0 Å². The van der Waals surface area contributed by atoms with Crippen molar-refractivity contribution in [1.82, 2.24) is 5.32 Å². The van der Waals surface area contributed by atoms with Crippen LogP contribution in [0.3, 0.4) is 0 Å². The number of hydrogen-bond acceptors (Lipinski definition) is 3. The number of benzene rings is 1. The highest BCUT2D eigenvalue weighted by atomic mass is 14.8. The lowest BCUT2D eigenvalue weighted by molar-refractivity contribution is 0.818. The molecule has 0 spiro atoms.